The summed E-state index contributed by atoms with van der Waals surface area (Å²) >= 11 is 1.21. The second-order valence-electron chi connectivity index (χ2n) is 5.49. The number of thiophene rings is 1. The summed E-state index contributed by atoms with van der Waals surface area (Å²) in [4.78, 5) is 49.5. The van der Waals surface area contributed by atoms with Crippen molar-refractivity contribution in [3.05, 3.63) is 68.1 Å². The summed E-state index contributed by atoms with van der Waals surface area (Å²) in [6, 6.07) is 8.68. The van der Waals surface area contributed by atoms with Crippen LogP contribution in [-0.4, -0.2) is 33.1 Å². The Morgan fingerprint density at radius 2 is 1.64 bits per heavy atom. The van der Waals surface area contributed by atoms with Gasteiger partial charge in [-0.1, -0.05) is 18.2 Å². The molecule has 0 aliphatic heterocycles. The highest BCUT2D eigenvalue weighted by molar-refractivity contribution is 7.12. The Morgan fingerprint density at radius 1 is 1.00 bits per heavy atom. The maximum atomic E-state index is 12.0. The van der Waals surface area contributed by atoms with Crippen molar-refractivity contribution in [2.75, 3.05) is 5.73 Å². The molecular weight excluding hydrogens is 388 g/mol. The molecule has 0 aliphatic rings. The van der Waals surface area contributed by atoms with Gasteiger partial charge in [-0.05, 0) is 29.1 Å². The molecule has 0 saturated heterocycles. The number of carboxylic acid groups (broad SMARTS) is 2. The molecule has 142 valence electrons. The van der Waals surface area contributed by atoms with Gasteiger partial charge in [0.1, 0.15) is 27.6 Å². The van der Waals surface area contributed by atoms with Crippen molar-refractivity contribution in [3.8, 4) is 16.9 Å². The number of pyridine rings is 1. The summed E-state index contributed by atoms with van der Waals surface area (Å²) in [5.74, 6) is -3.98. The average molecular weight is 400 g/mol. The molecule has 0 saturated carbocycles. The molecule has 0 radical (unpaired) electrons. The van der Waals surface area contributed by atoms with Crippen LogP contribution in [0, 0.1) is 0 Å². The summed E-state index contributed by atoms with van der Waals surface area (Å²) in [6.07, 6.45) is 0. The Balaban J connectivity index is 2.06. The molecule has 0 fully saturated rings. The van der Waals surface area contributed by atoms with Crippen LogP contribution in [0.3, 0.4) is 0 Å². The van der Waals surface area contributed by atoms with Gasteiger partial charge in [0.25, 0.3) is 5.56 Å². The zero-order valence-corrected chi connectivity index (χ0v) is 14.8. The van der Waals surface area contributed by atoms with Crippen LogP contribution in [0.1, 0.15) is 30.4 Å². The van der Waals surface area contributed by atoms with E-state index in [2.05, 4.69) is 0 Å². The predicted octanol–water partition coefficient (Wildman–Crippen LogP) is 2.30. The van der Waals surface area contributed by atoms with Crippen LogP contribution in [0.5, 0.6) is 5.75 Å². The van der Waals surface area contributed by atoms with Crippen LogP contribution in [0.4, 0.5) is 5.82 Å². The standard InChI is InChI=1S/C18H12N2O7S/c19-14-12(16(22)23)11(13(17(24)25)15(21)20-14)8-3-5-9(6-4-8)27-18(26)10-2-1-7-28-10/h1-7H,(H,22,23)(H,24,25)(H3,19,20,21). The van der Waals surface area contributed by atoms with E-state index in [4.69, 9.17) is 10.5 Å². The van der Waals surface area contributed by atoms with Crippen LogP contribution >= 0.6 is 11.3 Å². The number of hydrogen-bond acceptors (Lipinski definition) is 7. The van der Waals surface area contributed by atoms with Crippen LogP contribution in [0.15, 0.2) is 46.6 Å². The molecule has 0 amide bonds. The first-order valence-electron chi connectivity index (χ1n) is 7.68. The smallest absolute Gasteiger partial charge is 0.353 e. The molecule has 0 aliphatic carbocycles. The number of nitrogens with two attached hydrogens (primary N) is 1. The lowest BCUT2D eigenvalue weighted by Gasteiger charge is -2.12. The first kappa shape index (κ1) is 18.9. The van der Waals surface area contributed by atoms with E-state index in [0.29, 0.717) is 4.88 Å². The topological polar surface area (TPSA) is 160 Å². The minimum atomic E-state index is -1.60. The predicted molar refractivity (Wildman–Crippen MR) is 100 cm³/mol. The molecule has 2 heterocycles. The number of H-pyrrole nitrogens is 1. The molecular formula is C18H12N2O7S. The Morgan fingerprint density at radius 3 is 2.18 bits per heavy atom. The molecule has 2 aromatic heterocycles. The third-order valence-electron chi connectivity index (χ3n) is 3.75. The average Bonchev–Trinajstić information content (AvgIpc) is 3.15. The minimum absolute atomic E-state index is 0.114. The fraction of sp³-hybridized carbons (Fsp3) is 0. The first-order valence-corrected chi connectivity index (χ1v) is 8.56. The van der Waals surface area contributed by atoms with E-state index < -0.39 is 40.4 Å². The summed E-state index contributed by atoms with van der Waals surface area (Å²) < 4.78 is 5.20. The quantitative estimate of drug-likeness (QED) is 0.375. The number of ether oxygens (including phenoxy) is 1. The Hall–Kier alpha value is -3.92. The van der Waals surface area contributed by atoms with Crippen LogP contribution in [0.25, 0.3) is 11.1 Å². The van der Waals surface area contributed by atoms with E-state index in [1.807, 2.05) is 4.98 Å². The first-order chi connectivity index (χ1) is 13.3. The van der Waals surface area contributed by atoms with Gasteiger partial charge in [0, 0.05) is 5.56 Å². The molecule has 0 bridgehead atoms. The molecule has 0 spiro atoms. The van der Waals surface area contributed by atoms with E-state index in [0.717, 1.165) is 0 Å². The molecule has 0 atom stereocenters. The third kappa shape index (κ3) is 3.48. The maximum Gasteiger partial charge on any atom is 0.353 e. The summed E-state index contributed by atoms with van der Waals surface area (Å²) in [7, 11) is 0. The third-order valence-corrected chi connectivity index (χ3v) is 4.60. The van der Waals surface area contributed by atoms with Crippen molar-refractivity contribution in [3.63, 3.8) is 0 Å². The number of aromatic amines is 1. The van der Waals surface area contributed by atoms with Crippen molar-refractivity contribution < 1.29 is 29.3 Å². The fourth-order valence-corrected chi connectivity index (χ4v) is 3.18. The second-order valence-corrected chi connectivity index (χ2v) is 6.44. The number of aromatic carboxylic acids is 2. The largest absolute Gasteiger partial charge is 0.478 e. The zero-order valence-electron chi connectivity index (χ0n) is 14.0. The lowest BCUT2D eigenvalue weighted by atomic mass is 9.95. The number of carbonyl (C=O) groups is 3. The molecule has 3 aromatic rings. The van der Waals surface area contributed by atoms with Gasteiger partial charge < -0.3 is 25.7 Å². The van der Waals surface area contributed by atoms with E-state index in [1.165, 1.54) is 35.6 Å². The number of nitrogens with one attached hydrogen (secondary N) is 1. The van der Waals surface area contributed by atoms with Gasteiger partial charge >= 0.3 is 17.9 Å². The van der Waals surface area contributed by atoms with Crippen molar-refractivity contribution in [2.45, 2.75) is 0 Å². The van der Waals surface area contributed by atoms with E-state index in [-0.39, 0.29) is 16.9 Å². The Kier molecular flexibility index (Phi) is 4.96. The number of benzene rings is 1. The summed E-state index contributed by atoms with van der Waals surface area (Å²) in [6.45, 7) is 0. The SMILES string of the molecule is Nc1[nH]c(=O)c(C(=O)O)c(-c2ccc(OC(=O)c3cccs3)cc2)c1C(=O)O. The highest BCUT2D eigenvalue weighted by Gasteiger charge is 2.26. The van der Waals surface area contributed by atoms with Gasteiger partial charge in [-0.3, -0.25) is 4.79 Å². The molecule has 28 heavy (non-hydrogen) atoms. The number of hydrogen-bond donors (Lipinski definition) is 4. The van der Waals surface area contributed by atoms with Gasteiger partial charge in [0.15, 0.2) is 0 Å². The van der Waals surface area contributed by atoms with Crippen molar-refractivity contribution in [1.82, 2.24) is 4.98 Å². The number of carbonyl (C=O) groups excluding carboxylic acids is 1. The van der Waals surface area contributed by atoms with Crippen LogP contribution < -0.4 is 16.0 Å². The maximum absolute atomic E-state index is 12.0. The normalized spacial score (nSPS) is 10.4. The molecule has 0 unspecified atom stereocenters. The number of aromatic nitrogens is 1. The van der Waals surface area contributed by atoms with E-state index >= 15 is 0 Å². The van der Waals surface area contributed by atoms with Crippen molar-refractivity contribution in [2.24, 2.45) is 0 Å². The zero-order chi connectivity index (χ0) is 20.4. The minimum Gasteiger partial charge on any atom is -0.478 e. The van der Waals surface area contributed by atoms with E-state index in [9.17, 15) is 29.4 Å². The number of esters is 1. The van der Waals surface area contributed by atoms with Gasteiger partial charge in [-0.15, -0.1) is 11.3 Å². The second kappa shape index (κ2) is 7.37. The van der Waals surface area contributed by atoms with E-state index in [1.54, 1.807) is 17.5 Å². The monoisotopic (exact) mass is 400 g/mol. The molecule has 5 N–H and O–H groups in total. The van der Waals surface area contributed by atoms with Crippen molar-refractivity contribution >= 4 is 35.1 Å². The molecule has 10 heteroatoms. The number of nitrogen functional groups attached to an aromatic ring is 1. The summed E-state index contributed by atoms with van der Waals surface area (Å²) in [5.41, 5.74) is 3.04. The molecule has 3 rings (SSSR count). The van der Waals surface area contributed by atoms with Crippen LogP contribution in [-0.2, 0) is 0 Å². The van der Waals surface area contributed by atoms with Gasteiger partial charge in [-0.2, -0.15) is 0 Å². The number of carboxylic acids is 2. The highest BCUT2D eigenvalue weighted by Crippen LogP contribution is 2.30. The molecule has 1 aromatic carbocycles. The van der Waals surface area contributed by atoms with Gasteiger partial charge in [-0.25, -0.2) is 14.4 Å². The van der Waals surface area contributed by atoms with Gasteiger partial charge in [0.2, 0.25) is 0 Å². The van der Waals surface area contributed by atoms with Crippen LogP contribution in [0.2, 0.25) is 0 Å². The van der Waals surface area contributed by atoms with Crippen molar-refractivity contribution in [1.29, 1.82) is 0 Å². The molecule has 9 nitrogen and oxygen atoms in total. The Labute approximate surface area is 160 Å². The van der Waals surface area contributed by atoms with Gasteiger partial charge in [0.05, 0.1) is 0 Å². The Bertz CT molecular complexity index is 1130. The number of anilines is 1. The summed E-state index contributed by atoms with van der Waals surface area (Å²) in [5, 5.41) is 20.5. The fourth-order valence-electron chi connectivity index (χ4n) is 2.58. The number of rotatable bonds is 5. The highest BCUT2D eigenvalue weighted by atomic mass is 32.1. The lowest BCUT2D eigenvalue weighted by Crippen LogP contribution is -2.24. The lowest BCUT2D eigenvalue weighted by molar-refractivity contribution is 0.0693.